The lowest BCUT2D eigenvalue weighted by Gasteiger charge is -2.09. The Bertz CT molecular complexity index is 1040. The number of hydrogen-bond donors (Lipinski definition) is 1. The van der Waals surface area contributed by atoms with E-state index in [9.17, 15) is 4.79 Å². The van der Waals surface area contributed by atoms with Crippen molar-refractivity contribution >= 4 is 22.4 Å². The van der Waals surface area contributed by atoms with Crippen molar-refractivity contribution in [2.75, 3.05) is 5.32 Å². The fraction of sp³-hybridized carbons (Fsp3) is 0.0526. The average molecular weight is 361 g/mol. The van der Waals surface area contributed by atoms with Gasteiger partial charge in [0.15, 0.2) is 0 Å². The molecule has 128 valence electrons. The summed E-state index contributed by atoms with van der Waals surface area (Å²) in [4.78, 5) is 16.6. The molecule has 1 N–H and O–H groups in total. The lowest BCUT2D eigenvalue weighted by atomic mass is 10.1. The third-order valence-corrected chi connectivity index (χ3v) is 4.82. The molecule has 3 heterocycles. The van der Waals surface area contributed by atoms with Gasteiger partial charge < -0.3 is 4.57 Å². The van der Waals surface area contributed by atoms with Gasteiger partial charge in [-0.2, -0.15) is 0 Å². The first-order valence-electron chi connectivity index (χ1n) is 8.00. The second-order valence-electron chi connectivity index (χ2n) is 5.69. The number of nitrogens with zero attached hydrogens (tertiary/aromatic N) is 4. The molecule has 26 heavy (non-hydrogen) atoms. The van der Waals surface area contributed by atoms with Crippen LogP contribution in [0, 0.1) is 6.92 Å². The van der Waals surface area contributed by atoms with Crippen LogP contribution < -0.4 is 5.32 Å². The van der Waals surface area contributed by atoms with Gasteiger partial charge in [0.2, 0.25) is 5.13 Å². The van der Waals surface area contributed by atoms with Crippen molar-refractivity contribution in [1.82, 2.24) is 19.7 Å². The van der Waals surface area contributed by atoms with Gasteiger partial charge in [-0.15, -0.1) is 10.2 Å². The van der Waals surface area contributed by atoms with Gasteiger partial charge in [-0.1, -0.05) is 11.3 Å². The molecule has 0 bridgehead atoms. The number of amides is 1. The molecule has 7 heteroatoms. The van der Waals surface area contributed by atoms with Gasteiger partial charge in [0.1, 0.15) is 5.01 Å². The molecule has 1 amide bonds. The number of anilines is 1. The molecule has 0 aliphatic rings. The standard InChI is InChI=1S/C19H15N5OS/c1-13-12-15(24-10-2-3-11-24)4-5-16(13)17(25)21-19-23-22-18(26-19)14-6-8-20-9-7-14/h2-12H,1H3,(H,21,23,25). The highest BCUT2D eigenvalue weighted by Crippen LogP contribution is 2.26. The predicted molar refractivity (Wildman–Crippen MR) is 102 cm³/mol. The lowest BCUT2D eigenvalue weighted by molar-refractivity contribution is 0.102. The van der Waals surface area contributed by atoms with E-state index in [1.54, 1.807) is 12.4 Å². The molecule has 0 spiro atoms. The maximum absolute atomic E-state index is 12.6. The minimum absolute atomic E-state index is 0.195. The van der Waals surface area contributed by atoms with Crippen molar-refractivity contribution < 1.29 is 4.79 Å². The summed E-state index contributed by atoms with van der Waals surface area (Å²) in [6, 6.07) is 13.4. The molecule has 0 fully saturated rings. The van der Waals surface area contributed by atoms with Crippen molar-refractivity contribution in [3.63, 3.8) is 0 Å². The van der Waals surface area contributed by atoms with Gasteiger partial charge in [-0.05, 0) is 55.0 Å². The third-order valence-electron chi connectivity index (χ3n) is 3.93. The first kappa shape index (κ1) is 16.2. The van der Waals surface area contributed by atoms with Crippen LogP contribution >= 0.6 is 11.3 Å². The van der Waals surface area contributed by atoms with Crippen LogP contribution in [-0.2, 0) is 0 Å². The molecule has 0 aliphatic heterocycles. The maximum Gasteiger partial charge on any atom is 0.257 e. The van der Waals surface area contributed by atoms with Crippen LogP contribution in [0.1, 0.15) is 15.9 Å². The van der Waals surface area contributed by atoms with Gasteiger partial charge in [0.05, 0.1) is 0 Å². The normalized spacial score (nSPS) is 10.7. The van der Waals surface area contributed by atoms with E-state index >= 15 is 0 Å². The smallest absolute Gasteiger partial charge is 0.257 e. The summed E-state index contributed by atoms with van der Waals surface area (Å²) in [6.07, 6.45) is 7.34. The minimum atomic E-state index is -0.195. The van der Waals surface area contributed by atoms with Crippen molar-refractivity contribution in [3.05, 3.63) is 78.4 Å². The van der Waals surface area contributed by atoms with E-state index in [1.165, 1.54) is 11.3 Å². The number of rotatable bonds is 4. The Labute approximate surface area is 154 Å². The quantitative estimate of drug-likeness (QED) is 0.597. The SMILES string of the molecule is Cc1cc(-n2cccc2)ccc1C(=O)Nc1nnc(-c2ccncc2)s1. The van der Waals surface area contributed by atoms with E-state index in [1.807, 2.05) is 66.3 Å². The summed E-state index contributed by atoms with van der Waals surface area (Å²) in [5.41, 5.74) is 3.44. The molecular formula is C19H15N5OS. The van der Waals surface area contributed by atoms with Gasteiger partial charge >= 0.3 is 0 Å². The summed E-state index contributed by atoms with van der Waals surface area (Å²) in [6.45, 7) is 1.92. The topological polar surface area (TPSA) is 72.7 Å². The summed E-state index contributed by atoms with van der Waals surface area (Å²) in [5, 5.41) is 12.2. The van der Waals surface area contributed by atoms with Gasteiger partial charge in [-0.3, -0.25) is 15.1 Å². The number of benzene rings is 1. The second kappa shape index (κ2) is 6.89. The zero-order valence-electron chi connectivity index (χ0n) is 14.0. The molecule has 0 saturated carbocycles. The molecule has 3 aromatic heterocycles. The molecule has 1 aromatic carbocycles. The van der Waals surface area contributed by atoms with Crippen LogP contribution in [0.5, 0.6) is 0 Å². The number of hydrogen-bond acceptors (Lipinski definition) is 5. The molecule has 6 nitrogen and oxygen atoms in total. The monoisotopic (exact) mass is 361 g/mol. The summed E-state index contributed by atoms with van der Waals surface area (Å²) in [7, 11) is 0. The molecule has 0 radical (unpaired) electrons. The van der Waals surface area contributed by atoms with Crippen molar-refractivity contribution in [3.8, 4) is 16.3 Å². The Morgan fingerprint density at radius 3 is 2.58 bits per heavy atom. The van der Waals surface area contributed by atoms with Crippen LogP contribution in [0.3, 0.4) is 0 Å². The first-order valence-corrected chi connectivity index (χ1v) is 8.81. The predicted octanol–water partition coefficient (Wildman–Crippen LogP) is 3.95. The number of nitrogens with one attached hydrogen (secondary N) is 1. The molecular weight excluding hydrogens is 346 g/mol. The Kier molecular flexibility index (Phi) is 4.28. The third kappa shape index (κ3) is 3.25. The summed E-state index contributed by atoms with van der Waals surface area (Å²) < 4.78 is 2.00. The number of carbonyl (C=O) groups excluding carboxylic acids is 1. The van der Waals surface area contributed by atoms with Crippen molar-refractivity contribution in [2.45, 2.75) is 6.92 Å². The van der Waals surface area contributed by atoms with E-state index in [0.29, 0.717) is 10.7 Å². The van der Waals surface area contributed by atoms with Gasteiger partial charge in [0, 0.05) is 41.6 Å². The Hall–Kier alpha value is -3.32. The molecule has 0 saturated heterocycles. The van der Waals surface area contributed by atoms with Crippen LogP contribution in [-0.4, -0.2) is 25.7 Å². The largest absolute Gasteiger partial charge is 0.324 e. The van der Waals surface area contributed by atoms with Gasteiger partial charge in [0.25, 0.3) is 5.91 Å². The van der Waals surface area contributed by atoms with E-state index in [2.05, 4.69) is 20.5 Å². The molecule has 4 aromatic rings. The van der Waals surface area contributed by atoms with E-state index in [0.717, 1.165) is 21.8 Å². The van der Waals surface area contributed by atoms with E-state index in [-0.39, 0.29) is 5.91 Å². The Morgan fingerprint density at radius 1 is 1.08 bits per heavy atom. The highest BCUT2D eigenvalue weighted by molar-refractivity contribution is 7.18. The second-order valence-corrected chi connectivity index (χ2v) is 6.67. The number of aryl methyl sites for hydroxylation is 1. The highest BCUT2D eigenvalue weighted by Gasteiger charge is 2.13. The van der Waals surface area contributed by atoms with Crippen LogP contribution in [0.15, 0.2) is 67.3 Å². The Morgan fingerprint density at radius 2 is 1.85 bits per heavy atom. The first-order chi connectivity index (χ1) is 12.7. The van der Waals surface area contributed by atoms with Crippen LogP contribution in [0.4, 0.5) is 5.13 Å². The fourth-order valence-corrected chi connectivity index (χ4v) is 3.36. The average Bonchev–Trinajstić information content (AvgIpc) is 3.34. The Balaban J connectivity index is 1.53. The van der Waals surface area contributed by atoms with Crippen molar-refractivity contribution in [2.24, 2.45) is 0 Å². The molecule has 0 aliphatic carbocycles. The van der Waals surface area contributed by atoms with E-state index < -0.39 is 0 Å². The summed E-state index contributed by atoms with van der Waals surface area (Å²) >= 11 is 1.33. The molecule has 4 rings (SSSR count). The zero-order valence-corrected chi connectivity index (χ0v) is 14.8. The van der Waals surface area contributed by atoms with Crippen LogP contribution in [0.2, 0.25) is 0 Å². The molecule has 0 atom stereocenters. The number of carbonyl (C=O) groups is 1. The van der Waals surface area contributed by atoms with Crippen molar-refractivity contribution in [1.29, 1.82) is 0 Å². The highest BCUT2D eigenvalue weighted by atomic mass is 32.1. The minimum Gasteiger partial charge on any atom is -0.324 e. The maximum atomic E-state index is 12.6. The fourth-order valence-electron chi connectivity index (χ4n) is 2.62. The summed E-state index contributed by atoms with van der Waals surface area (Å²) in [5.74, 6) is -0.195. The van der Waals surface area contributed by atoms with Gasteiger partial charge in [-0.25, -0.2) is 0 Å². The molecule has 0 unspecified atom stereocenters. The number of aromatic nitrogens is 4. The lowest BCUT2D eigenvalue weighted by Crippen LogP contribution is -2.13. The number of pyridine rings is 1. The van der Waals surface area contributed by atoms with E-state index in [4.69, 9.17) is 0 Å². The van der Waals surface area contributed by atoms with Crippen LogP contribution in [0.25, 0.3) is 16.3 Å². The zero-order chi connectivity index (χ0) is 17.9.